The lowest BCUT2D eigenvalue weighted by atomic mass is 9.95. The quantitative estimate of drug-likeness (QED) is 0.215. The van der Waals surface area contributed by atoms with Crippen LogP contribution in [0.5, 0.6) is 17.2 Å². The molecule has 1 amide bonds. The van der Waals surface area contributed by atoms with Crippen molar-refractivity contribution in [2.45, 2.75) is 13.0 Å². The van der Waals surface area contributed by atoms with Crippen molar-refractivity contribution < 1.29 is 39.1 Å². The molecule has 9 heteroatoms. The average Bonchev–Trinajstić information content (AvgIpc) is 3.07. The van der Waals surface area contributed by atoms with Crippen LogP contribution in [0.2, 0.25) is 0 Å². The zero-order chi connectivity index (χ0) is 24.0. The number of likely N-dealkylation sites (tertiary alicyclic amines) is 1. The first-order chi connectivity index (χ1) is 15.9. The van der Waals surface area contributed by atoms with Crippen LogP contribution in [0.3, 0.4) is 0 Å². The van der Waals surface area contributed by atoms with Gasteiger partial charge in [0.2, 0.25) is 0 Å². The Bertz CT molecular complexity index is 1030. The molecule has 3 rings (SSSR count). The highest BCUT2D eigenvalue weighted by Crippen LogP contribution is 2.41. The van der Waals surface area contributed by atoms with Crippen molar-refractivity contribution in [2.24, 2.45) is 0 Å². The molecule has 0 spiro atoms. The molecule has 0 aliphatic carbocycles. The summed E-state index contributed by atoms with van der Waals surface area (Å²) in [5.41, 5.74) is 0.737. The van der Waals surface area contributed by atoms with Gasteiger partial charge in [-0.2, -0.15) is 0 Å². The van der Waals surface area contributed by atoms with Gasteiger partial charge in [-0.05, 0) is 48.9 Å². The van der Waals surface area contributed by atoms with Gasteiger partial charge in [0.25, 0.3) is 11.7 Å². The van der Waals surface area contributed by atoms with Gasteiger partial charge >= 0.3 is 0 Å². The van der Waals surface area contributed by atoms with Crippen LogP contribution in [0, 0.1) is 0 Å². The molecule has 3 N–H and O–H groups in total. The number of hydrogen-bond donors (Lipinski definition) is 3. The van der Waals surface area contributed by atoms with Crippen molar-refractivity contribution in [1.29, 1.82) is 0 Å². The van der Waals surface area contributed by atoms with E-state index in [0.29, 0.717) is 23.5 Å². The van der Waals surface area contributed by atoms with Crippen LogP contribution < -0.4 is 9.47 Å². The average molecular weight is 457 g/mol. The second-order valence-corrected chi connectivity index (χ2v) is 7.22. The third-order valence-corrected chi connectivity index (χ3v) is 5.21. The van der Waals surface area contributed by atoms with Gasteiger partial charge in [-0.25, -0.2) is 0 Å². The van der Waals surface area contributed by atoms with Gasteiger partial charge in [0.15, 0.2) is 11.5 Å². The van der Waals surface area contributed by atoms with Gasteiger partial charge in [0.1, 0.15) is 11.5 Å². The van der Waals surface area contributed by atoms with Gasteiger partial charge in [-0.3, -0.25) is 9.59 Å². The minimum atomic E-state index is -0.927. The van der Waals surface area contributed by atoms with E-state index in [-0.39, 0.29) is 49.2 Å². The molecule has 33 heavy (non-hydrogen) atoms. The number of phenolic OH excluding ortho intramolecular Hbond substituents is 1. The second-order valence-electron chi connectivity index (χ2n) is 7.22. The summed E-state index contributed by atoms with van der Waals surface area (Å²) in [6, 6.07) is 10.1. The van der Waals surface area contributed by atoms with Crippen molar-refractivity contribution in [2.75, 3.05) is 40.1 Å². The summed E-state index contributed by atoms with van der Waals surface area (Å²) in [6.45, 7) is 2.40. The molecule has 0 unspecified atom stereocenters. The maximum Gasteiger partial charge on any atom is 0.295 e. The Morgan fingerprint density at radius 3 is 2.45 bits per heavy atom. The number of carbonyl (C=O) groups is 2. The van der Waals surface area contributed by atoms with Gasteiger partial charge < -0.3 is 34.4 Å². The van der Waals surface area contributed by atoms with Crippen molar-refractivity contribution in [3.05, 3.63) is 59.2 Å². The minimum Gasteiger partial charge on any atom is -0.507 e. The topological polar surface area (TPSA) is 126 Å². The van der Waals surface area contributed by atoms with Crippen molar-refractivity contribution in [3.8, 4) is 17.2 Å². The number of ether oxygens (including phenoxy) is 3. The molecule has 0 radical (unpaired) electrons. The van der Waals surface area contributed by atoms with E-state index in [1.165, 1.54) is 24.1 Å². The molecule has 1 aliphatic rings. The van der Waals surface area contributed by atoms with Gasteiger partial charge in [0.05, 0.1) is 45.2 Å². The second kappa shape index (κ2) is 10.8. The molecule has 1 heterocycles. The van der Waals surface area contributed by atoms with Gasteiger partial charge in [0, 0.05) is 12.1 Å². The summed E-state index contributed by atoms with van der Waals surface area (Å²) >= 11 is 0. The van der Waals surface area contributed by atoms with E-state index in [1.54, 1.807) is 30.3 Å². The third kappa shape index (κ3) is 5.10. The Hall–Kier alpha value is -3.56. The number of aromatic hydroxyl groups is 1. The van der Waals surface area contributed by atoms with E-state index in [4.69, 9.17) is 19.3 Å². The van der Waals surface area contributed by atoms with E-state index < -0.39 is 17.7 Å². The lowest BCUT2D eigenvalue weighted by Crippen LogP contribution is -2.33. The lowest BCUT2D eigenvalue weighted by molar-refractivity contribution is -0.140. The fourth-order valence-electron chi connectivity index (χ4n) is 3.68. The van der Waals surface area contributed by atoms with E-state index in [9.17, 15) is 19.8 Å². The molecule has 176 valence electrons. The van der Waals surface area contributed by atoms with Crippen LogP contribution in [0.15, 0.2) is 48.0 Å². The number of carbonyl (C=O) groups excluding carboxylic acids is 2. The standard InChI is InChI=1S/C24H27NO8/c1-3-33-17-7-4-15(5-8-17)22(28)20-21(16-6-9-18(27)19(14-16)31-2)25(24(30)23(20)29)10-12-32-13-11-26/h4-9,14,21,26-28H,3,10-13H2,1-2H3/t21-/m1/s1. The lowest BCUT2D eigenvalue weighted by Gasteiger charge is -2.25. The van der Waals surface area contributed by atoms with Crippen LogP contribution in [-0.2, 0) is 14.3 Å². The number of nitrogens with zero attached hydrogens (tertiary/aromatic N) is 1. The normalized spacial score (nSPS) is 17.4. The van der Waals surface area contributed by atoms with Crippen LogP contribution in [0.4, 0.5) is 0 Å². The largest absolute Gasteiger partial charge is 0.507 e. The number of amides is 1. The van der Waals surface area contributed by atoms with E-state index in [0.717, 1.165) is 0 Å². The Morgan fingerprint density at radius 1 is 1.09 bits per heavy atom. The number of methoxy groups -OCH3 is 1. The SMILES string of the molecule is CCOc1ccc(C(O)=C2C(=O)C(=O)N(CCOCCO)[C@@H]2c2ccc(O)c(OC)c2)cc1. The van der Waals surface area contributed by atoms with Crippen LogP contribution in [0.25, 0.3) is 5.76 Å². The molecule has 9 nitrogen and oxygen atoms in total. The molecule has 0 saturated carbocycles. The Balaban J connectivity index is 2.08. The van der Waals surface area contributed by atoms with Crippen LogP contribution in [-0.4, -0.2) is 72.0 Å². The summed E-state index contributed by atoms with van der Waals surface area (Å²) in [6.07, 6.45) is 0. The zero-order valence-electron chi connectivity index (χ0n) is 18.5. The predicted molar refractivity (Wildman–Crippen MR) is 119 cm³/mol. The first-order valence-electron chi connectivity index (χ1n) is 10.5. The fourth-order valence-corrected chi connectivity index (χ4v) is 3.68. The molecular weight excluding hydrogens is 430 g/mol. The molecule has 1 atom stereocenters. The Kier molecular flexibility index (Phi) is 7.92. The number of ketones is 1. The monoisotopic (exact) mass is 457 g/mol. The number of aliphatic hydroxyl groups is 2. The maximum absolute atomic E-state index is 13.0. The smallest absolute Gasteiger partial charge is 0.295 e. The van der Waals surface area contributed by atoms with E-state index >= 15 is 0 Å². The zero-order valence-corrected chi connectivity index (χ0v) is 18.5. The molecular formula is C24H27NO8. The highest BCUT2D eigenvalue weighted by molar-refractivity contribution is 6.46. The predicted octanol–water partition coefficient (Wildman–Crippen LogP) is 2.23. The first kappa shape index (κ1) is 24.1. The van der Waals surface area contributed by atoms with Crippen LogP contribution >= 0.6 is 0 Å². The number of aliphatic hydroxyl groups excluding tert-OH is 2. The first-order valence-corrected chi connectivity index (χ1v) is 10.5. The number of rotatable bonds is 10. The Morgan fingerprint density at radius 2 is 1.82 bits per heavy atom. The van der Waals surface area contributed by atoms with Gasteiger partial charge in [-0.15, -0.1) is 0 Å². The highest BCUT2D eigenvalue weighted by atomic mass is 16.5. The van der Waals surface area contributed by atoms with Crippen molar-refractivity contribution >= 4 is 17.4 Å². The molecule has 1 saturated heterocycles. The number of benzene rings is 2. The molecule has 1 fully saturated rings. The van der Waals surface area contributed by atoms with E-state index in [2.05, 4.69) is 0 Å². The summed E-state index contributed by atoms with van der Waals surface area (Å²) in [5.74, 6) is -1.28. The number of Topliss-reactive ketones (excluding diaryl/α,β-unsaturated/α-hetero) is 1. The van der Waals surface area contributed by atoms with Crippen molar-refractivity contribution in [3.63, 3.8) is 0 Å². The highest BCUT2D eigenvalue weighted by Gasteiger charge is 2.46. The minimum absolute atomic E-state index is 0.0541. The number of hydrogen-bond acceptors (Lipinski definition) is 8. The fraction of sp³-hybridized carbons (Fsp3) is 0.333. The molecule has 0 bridgehead atoms. The summed E-state index contributed by atoms with van der Waals surface area (Å²) < 4.78 is 15.9. The third-order valence-electron chi connectivity index (χ3n) is 5.21. The molecule has 2 aromatic rings. The van der Waals surface area contributed by atoms with E-state index in [1.807, 2.05) is 6.92 Å². The summed E-state index contributed by atoms with van der Waals surface area (Å²) in [4.78, 5) is 27.2. The molecule has 0 aromatic heterocycles. The Labute approximate surface area is 191 Å². The van der Waals surface area contributed by atoms with Crippen molar-refractivity contribution in [1.82, 2.24) is 4.90 Å². The van der Waals surface area contributed by atoms with Crippen LogP contribution in [0.1, 0.15) is 24.1 Å². The van der Waals surface area contributed by atoms with Gasteiger partial charge in [-0.1, -0.05) is 6.07 Å². The maximum atomic E-state index is 13.0. The molecule has 2 aromatic carbocycles. The number of phenols is 1. The molecule has 1 aliphatic heterocycles. The summed E-state index contributed by atoms with van der Waals surface area (Å²) in [5, 5.41) is 30.0. The summed E-state index contributed by atoms with van der Waals surface area (Å²) in [7, 11) is 1.39.